The highest BCUT2D eigenvalue weighted by Crippen LogP contribution is 2.33. The summed E-state index contributed by atoms with van der Waals surface area (Å²) in [6, 6.07) is 0. The third-order valence-electron chi connectivity index (χ3n) is 5.87. The van der Waals surface area contributed by atoms with Crippen molar-refractivity contribution in [2.45, 2.75) is 82.3 Å². The summed E-state index contributed by atoms with van der Waals surface area (Å²) in [6.45, 7) is 0.724. The van der Waals surface area contributed by atoms with Gasteiger partial charge in [-0.2, -0.15) is 0 Å². The van der Waals surface area contributed by atoms with E-state index in [1.807, 2.05) is 0 Å². The Labute approximate surface area is 138 Å². The molecule has 3 rings (SSSR count). The molecular weight excluding hydrogens is 292 g/mol. The minimum Gasteiger partial charge on any atom is -0.383 e. The van der Waals surface area contributed by atoms with Gasteiger partial charge in [0.15, 0.2) is 0 Å². The number of rotatable bonds is 6. The molecule has 0 unspecified atom stereocenters. The van der Waals surface area contributed by atoms with Gasteiger partial charge in [-0.05, 0) is 50.4 Å². The molecule has 0 heterocycles. The third-order valence-corrected chi connectivity index (χ3v) is 5.87. The highest BCUT2D eigenvalue weighted by Gasteiger charge is 2.44. The Hall–Kier alpha value is -1.10. The molecule has 3 N–H and O–H groups in total. The van der Waals surface area contributed by atoms with Gasteiger partial charge in [-0.3, -0.25) is 9.59 Å². The number of carbonyl (C=O) groups excluding carboxylic acids is 2. The number of amides is 2. The van der Waals surface area contributed by atoms with E-state index in [-0.39, 0.29) is 17.7 Å². The molecule has 0 aromatic heterocycles. The molecule has 3 fully saturated rings. The zero-order chi connectivity index (χ0) is 16.3. The van der Waals surface area contributed by atoms with E-state index in [0.29, 0.717) is 18.8 Å². The first-order valence-electron chi connectivity index (χ1n) is 9.39. The van der Waals surface area contributed by atoms with Crippen molar-refractivity contribution < 1.29 is 14.7 Å². The number of aliphatic hydroxyl groups is 1. The van der Waals surface area contributed by atoms with E-state index in [9.17, 15) is 14.7 Å². The Kier molecular flexibility index (Phi) is 5.24. The van der Waals surface area contributed by atoms with Gasteiger partial charge in [0.1, 0.15) is 11.6 Å². The predicted octanol–water partition coefficient (Wildman–Crippen LogP) is 1.88. The summed E-state index contributed by atoms with van der Waals surface area (Å²) in [5.41, 5.74) is -0.790. The molecule has 0 bridgehead atoms. The normalized spacial score (nSPS) is 25.8. The van der Waals surface area contributed by atoms with Crippen LogP contribution < -0.4 is 10.6 Å². The summed E-state index contributed by atoms with van der Waals surface area (Å²) in [6.07, 6.45) is 9.89. The van der Waals surface area contributed by atoms with Gasteiger partial charge in [0.25, 0.3) is 0 Å². The second-order valence-electron chi connectivity index (χ2n) is 7.77. The smallest absolute Gasteiger partial charge is 0.249 e. The number of nitrogens with one attached hydrogen (secondary N) is 2. The Morgan fingerprint density at radius 2 is 1.65 bits per heavy atom. The number of hydrogen-bond donors (Lipinski definition) is 3. The van der Waals surface area contributed by atoms with Crippen LogP contribution in [0.4, 0.5) is 0 Å². The van der Waals surface area contributed by atoms with Crippen LogP contribution in [0, 0.1) is 11.8 Å². The number of hydrogen-bond acceptors (Lipinski definition) is 3. The van der Waals surface area contributed by atoms with Crippen molar-refractivity contribution in [2.75, 3.05) is 6.54 Å². The van der Waals surface area contributed by atoms with E-state index < -0.39 is 11.6 Å². The van der Waals surface area contributed by atoms with Crippen molar-refractivity contribution in [1.29, 1.82) is 0 Å². The van der Waals surface area contributed by atoms with Crippen LogP contribution in [0.3, 0.4) is 0 Å². The summed E-state index contributed by atoms with van der Waals surface area (Å²) in [4.78, 5) is 25.1. The van der Waals surface area contributed by atoms with E-state index >= 15 is 0 Å². The lowest BCUT2D eigenvalue weighted by molar-refractivity contribution is -0.140. The van der Waals surface area contributed by atoms with E-state index in [2.05, 4.69) is 10.6 Å². The lowest BCUT2D eigenvalue weighted by Gasteiger charge is -2.32. The molecule has 23 heavy (non-hydrogen) atoms. The third kappa shape index (κ3) is 4.06. The first-order chi connectivity index (χ1) is 11.1. The van der Waals surface area contributed by atoms with Gasteiger partial charge >= 0.3 is 0 Å². The topological polar surface area (TPSA) is 78.4 Å². The van der Waals surface area contributed by atoms with Crippen molar-refractivity contribution >= 4 is 11.8 Å². The standard InChI is InChI=1S/C18H30N2O3/c21-15(14-6-2-1-3-7-14)16(22)20-18(10-4-5-11-18)17(23)19-12-13-8-9-13/h13-15,21H,1-12H2,(H,19,23)(H,20,22)/t15-/m1/s1. The van der Waals surface area contributed by atoms with Gasteiger partial charge in [-0.1, -0.05) is 32.1 Å². The molecule has 0 aromatic rings. The molecule has 3 aliphatic carbocycles. The fourth-order valence-electron chi connectivity index (χ4n) is 4.09. The van der Waals surface area contributed by atoms with Crippen LogP contribution in [0.5, 0.6) is 0 Å². The molecule has 3 saturated carbocycles. The zero-order valence-corrected chi connectivity index (χ0v) is 14.0. The quantitative estimate of drug-likeness (QED) is 0.699. The Bertz CT molecular complexity index is 436. The Balaban J connectivity index is 1.58. The molecule has 3 aliphatic rings. The van der Waals surface area contributed by atoms with Gasteiger partial charge in [0.05, 0.1) is 0 Å². The second-order valence-corrected chi connectivity index (χ2v) is 7.77. The maximum atomic E-state index is 12.6. The van der Waals surface area contributed by atoms with Crippen LogP contribution in [0.1, 0.15) is 70.6 Å². The molecule has 5 heteroatoms. The van der Waals surface area contributed by atoms with E-state index in [1.54, 1.807) is 0 Å². The summed E-state index contributed by atoms with van der Waals surface area (Å²) < 4.78 is 0. The maximum Gasteiger partial charge on any atom is 0.249 e. The average molecular weight is 322 g/mol. The number of carbonyl (C=O) groups is 2. The minimum atomic E-state index is -0.969. The molecule has 5 nitrogen and oxygen atoms in total. The first-order valence-corrected chi connectivity index (χ1v) is 9.39. The lowest BCUT2D eigenvalue weighted by atomic mass is 9.84. The molecule has 0 aromatic carbocycles. The Morgan fingerprint density at radius 3 is 2.26 bits per heavy atom. The first kappa shape index (κ1) is 16.7. The molecule has 130 valence electrons. The average Bonchev–Trinajstić information content (AvgIpc) is 3.29. The predicted molar refractivity (Wildman–Crippen MR) is 87.7 cm³/mol. The molecule has 0 aliphatic heterocycles. The molecule has 0 saturated heterocycles. The van der Waals surface area contributed by atoms with Crippen molar-refractivity contribution in [1.82, 2.24) is 10.6 Å². The van der Waals surface area contributed by atoms with Crippen molar-refractivity contribution in [3.05, 3.63) is 0 Å². The second kappa shape index (κ2) is 7.20. The summed E-state index contributed by atoms with van der Waals surface area (Å²) >= 11 is 0. The Morgan fingerprint density at radius 1 is 1.00 bits per heavy atom. The molecule has 0 spiro atoms. The van der Waals surface area contributed by atoms with E-state index in [4.69, 9.17) is 0 Å². The van der Waals surface area contributed by atoms with Crippen LogP contribution in [-0.4, -0.2) is 35.1 Å². The SMILES string of the molecule is O=C(NC1(C(=O)NCC2CC2)CCCC1)[C@H](O)C1CCCCC1. The van der Waals surface area contributed by atoms with Gasteiger partial charge < -0.3 is 15.7 Å². The van der Waals surface area contributed by atoms with Gasteiger partial charge in [0, 0.05) is 6.54 Å². The van der Waals surface area contributed by atoms with Crippen LogP contribution in [0.15, 0.2) is 0 Å². The van der Waals surface area contributed by atoms with E-state index in [1.165, 1.54) is 19.3 Å². The van der Waals surface area contributed by atoms with Gasteiger partial charge in [-0.25, -0.2) is 0 Å². The van der Waals surface area contributed by atoms with Crippen molar-refractivity contribution in [3.63, 3.8) is 0 Å². The largest absolute Gasteiger partial charge is 0.383 e. The molecule has 1 atom stereocenters. The summed E-state index contributed by atoms with van der Waals surface area (Å²) in [5, 5.41) is 16.3. The number of aliphatic hydroxyl groups excluding tert-OH is 1. The fraction of sp³-hybridized carbons (Fsp3) is 0.889. The van der Waals surface area contributed by atoms with Crippen LogP contribution in [-0.2, 0) is 9.59 Å². The molecule has 2 amide bonds. The van der Waals surface area contributed by atoms with Crippen LogP contribution in [0.2, 0.25) is 0 Å². The summed E-state index contributed by atoms with van der Waals surface area (Å²) in [7, 11) is 0. The fourth-order valence-corrected chi connectivity index (χ4v) is 4.09. The van der Waals surface area contributed by atoms with Gasteiger partial charge in [-0.15, -0.1) is 0 Å². The van der Waals surface area contributed by atoms with Crippen molar-refractivity contribution in [2.24, 2.45) is 11.8 Å². The molecular formula is C18H30N2O3. The van der Waals surface area contributed by atoms with Gasteiger partial charge in [0.2, 0.25) is 11.8 Å². The van der Waals surface area contributed by atoms with Crippen LogP contribution >= 0.6 is 0 Å². The van der Waals surface area contributed by atoms with Crippen LogP contribution in [0.25, 0.3) is 0 Å². The molecule has 0 radical (unpaired) electrons. The monoisotopic (exact) mass is 322 g/mol. The highest BCUT2D eigenvalue weighted by atomic mass is 16.3. The zero-order valence-electron chi connectivity index (χ0n) is 14.0. The van der Waals surface area contributed by atoms with Crippen molar-refractivity contribution in [3.8, 4) is 0 Å². The summed E-state index contributed by atoms with van der Waals surface area (Å²) in [5.74, 6) is 0.282. The minimum absolute atomic E-state index is 0.0499. The lowest BCUT2D eigenvalue weighted by Crippen LogP contribution is -2.60. The maximum absolute atomic E-state index is 12.6. The highest BCUT2D eigenvalue weighted by molar-refractivity contribution is 5.93. The van der Waals surface area contributed by atoms with E-state index in [0.717, 1.165) is 45.1 Å².